The first-order valence-electron chi connectivity index (χ1n) is 8.37. The number of ether oxygens (including phenoxy) is 1. The number of carbonyl (C=O) groups excluding carboxylic acids is 2. The van der Waals surface area contributed by atoms with E-state index in [9.17, 15) is 14.9 Å². The Hall–Kier alpha value is -3.27. The summed E-state index contributed by atoms with van der Waals surface area (Å²) in [6.07, 6.45) is 3.57. The van der Waals surface area contributed by atoms with Gasteiger partial charge in [0.1, 0.15) is 6.07 Å². The van der Waals surface area contributed by atoms with Crippen LogP contribution < -0.4 is 5.73 Å². The second kappa shape index (κ2) is 6.92. The van der Waals surface area contributed by atoms with Gasteiger partial charge in [-0.3, -0.25) is 4.79 Å². The highest BCUT2D eigenvalue weighted by atomic mass is 16.5. The number of nitrogens with two attached hydrogens (primary N) is 1. The molecule has 1 fully saturated rings. The van der Waals surface area contributed by atoms with Crippen LogP contribution in [0, 0.1) is 18.3 Å². The number of likely N-dealkylation sites (tertiary alicyclic amines) is 1. The lowest BCUT2D eigenvalue weighted by atomic mass is 10.1. The van der Waals surface area contributed by atoms with Crippen molar-refractivity contribution in [3.8, 4) is 11.8 Å². The zero-order valence-electron chi connectivity index (χ0n) is 14.8. The molecule has 1 aliphatic heterocycles. The number of aromatic nitrogens is 1. The molecule has 3 rings (SSSR count). The molecule has 0 aliphatic carbocycles. The molecule has 0 bridgehead atoms. The molecule has 0 unspecified atom stereocenters. The minimum absolute atomic E-state index is 0.00933. The lowest BCUT2D eigenvalue weighted by molar-refractivity contribution is 0.0592. The number of nitrogens with zero attached hydrogens (tertiary/aromatic N) is 3. The van der Waals surface area contributed by atoms with Gasteiger partial charge >= 0.3 is 5.97 Å². The van der Waals surface area contributed by atoms with E-state index in [1.54, 1.807) is 22.8 Å². The monoisotopic (exact) mass is 352 g/mol. The summed E-state index contributed by atoms with van der Waals surface area (Å²) in [7, 11) is 1.26. The highest BCUT2D eigenvalue weighted by molar-refractivity contribution is 5.97. The summed E-state index contributed by atoms with van der Waals surface area (Å²) in [5.41, 5.74) is 8.37. The van der Waals surface area contributed by atoms with Crippen LogP contribution in [0.4, 0.5) is 5.69 Å². The summed E-state index contributed by atoms with van der Waals surface area (Å²) >= 11 is 0. The molecule has 0 saturated carbocycles. The topological polar surface area (TPSA) is 101 Å². The van der Waals surface area contributed by atoms with Crippen LogP contribution in [-0.2, 0) is 4.74 Å². The molecule has 0 radical (unpaired) electrons. The molecule has 2 heterocycles. The predicted octanol–water partition coefficient (Wildman–Crippen LogP) is 2.26. The Kier molecular flexibility index (Phi) is 4.67. The maximum absolute atomic E-state index is 12.6. The van der Waals surface area contributed by atoms with E-state index < -0.39 is 5.97 Å². The highest BCUT2D eigenvalue weighted by Crippen LogP contribution is 2.27. The van der Waals surface area contributed by atoms with Gasteiger partial charge in [-0.25, -0.2) is 4.79 Å². The summed E-state index contributed by atoms with van der Waals surface area (Å²) in [6, 6.07) is 7.25. The van der Waals surface area contributed by atoms with Crippen molar-refractivity contribution in [1.82, 2.24) is 9.47 Å². The molecule has 2 N–H and O–H groups in total. The van der Waals surface area contributed by atoms with E-state index in [2.05, 4.69) is 0 Å². The largest absolute Gasteiger partial charge is 0.464 e. The van der Waals surface area contributed by atoms with Crippen LogP contribution in [-0.4, -0.2) is 41.5 Å². The van der Waals surface area contributed by atoms with Gasteiger partial charge in [0, 0.05) is 30.5 Å². The van der Waals surface area contributed by atoms with Crippen LogP contribution in [0.5, 0.6) is 0 Å². The smallest absolute Gasteiger partial charge is 0.357 e. The van der Waals surface area contributed by atoms with Crippen molar-refractivity contribution in [2.45, 2.75) is 19.8 Å². The van der Waals surface area contributed by atoms with Gasteiger partial charge in [0.15, 0.2) is 5.69 Å². The van der Waals surface area contributed by atoms with Crippen molar-refractivity contribution < 1.29 is 14.3 Å². The molecule has 134 valence electrons. The number of esters is 1. The number of carbonyl (C=O) groups is 2. The molecule has 1 aromatic carbocycles. The van der Waals surface area contributed by atoms with Gasteiger partial charge in [-0.05, 0) is 43.5 Å². The number of hydrogen-bond acceptors (Lipinski definition) is 5. The maximum atomic E-state index is 12.6. The van der Waals surface area contributed by atoms with Crippen molar-refractivity contribution in [2.75, 3.05) is 25.9 Å². The van der Waals surface area contributed by atoms with E-state index >= 15 is 0 Å². The van der Waals surface area contributed by atoms with Gasteiger partial charge in [0.25, 0.3) is 5.91 Å². The second-order valence-corrected chi connectivity index (χ2v) is 6.28. The number of rotatable bonds is 3. The summed E-state index contributed by atoms with van der Waals surface area (Å²) in [5, 5.41) is 9.22. The molecule has 1 aromatic heterocycles. The van der Waals surface area contributed by atoms with E-state index in [0.717, 1.165) is 31.5 Å². The molecule has 1 amide bonds. The van der Waals surface area contributed by atoms with Crippen molar-refractivity contribution in [1.29, 1.82) is 5.26 Å². The molecule has 1 aliphatic rings. The van der Waals surface area contributed by atoms with E-state index in [1.807, 2.05) is 17.9 Å². The maximum Gasteiger partial charge on any atom is 0.357 e. The number of nitriles is 1. The van der Waals surface area contributed by atoms with Crippen LogP contribution in [0.2, 0.25) is 0 Å². The third-order valence-corrected chi connectivity index (χ3v) is 4.64. The molecule has 7 heteroatoms. The van der Waals surface area contributed by atoms with E-state index in [0.29, 0.717) is 11.3 Å². The molecule has 0 atom stereocenters. The lowest BCUT2D eigenvalue weighted by Gasteiger charge is -2.17. The molecule has 26 heavy (non-hydrogen) atoms. The van der Waals surface area contributed by atoms with Crippen LogP contribution >= 0.6 is 0 Å². The average Bonchev–Trinajstić information content (AvgIpc) is 3.28. The fourth-order valence-corrected chi connectivity index (χ4v) is 3.27. The Morgan fingerprint density at radius 1 is 1.27 bits per heavy atom. The minimum atomic E-state index is -0.624. The number of methoxy groups -OCH3 is 1. The Labute approximate surface area is 151 Å². The zero-order chi connectivity index (χ0) is 18.8. The van der Waals surface area contributed by atoms with Crippen molar-refractivity contribution in [2.24, 2.45) is 0 Å². The van der Waals surface area contributed by atoms with Gasteiger partial charge in [-0.2, -0.15) is 5.26 Å². The Balaban J connectivity index is 2.04. The van der Waals surface area contributed by atoms with E-state index in [1.165, 1.54) is 13.3 Å². The van der Waals surface area contributed by atoms with Gasteiger partial charge < -0.3 is 19.9 Å². The first-order valence-corrected chi connectivity index (χ1v) is 8.37. The summed E-state index contributed by atoms with van der Waals surface area (Å²) < 4.78 is 6.34. The second-order valence-electron chi connectivity index (χ2n) is 6.28. The first-order chi connectivity index (χ1) is 12.5. The predicted molar refractivity (Wildman–Crippen MR) is 96.1 cm³/mol. The molecule has 0 spiro atoms. The minimum Gasteiger partial charge on any atom is -0.464 e. The normalized spacial score (nSPS) is 13.5. The van der Waals surface area contributed by atoms with Gasteiger partial charge in [0.2, 0.25) is 0 Å². The van der Waals surface area contributed by atoms with Gasteiger partial charge in [-0.1, -0.05) is 0 Å². The van der Waals surface area contributed by atoms with Crippen LogP contribution in [0.25, 0.3) is 5.69 Å². The third-order valence-electron chi connectivity index (χ3n) is 4.64. The number of nitrogen functional groups attached to an aromatic ring is 1. The van der Waals surface area contributed by atoms with E-state index in [4.69, 9.17) is 10.5 Å². The number of anilines is 1. The van der Waals surface area contributed by atoms with Gasteiger partial charge in [0.05, 0.1) is 18.4 Å². The number of benzene rings is 1. The number of amides is 1. The lowest BCUT2D eigenvalue weighted by Crippen LogP contribution is -2.27. The van der Waals surface area contributed by atoms with Crippen molar-refractivity contribution in [3.05, 3.63) is 46.8 Å². The highest BCUT2D eigenvalue weighted by Gasteiger charge is 2.24. The summed E-state index contributed by atoms with van der Waals surface area (Å²) in [4.78, 5) is 26.5. The Bertz CT molecular complexity index is 918. The van der Waals surface area contributed by atoms with Crippen LogP contribution in [0.1, 0.15) is 44.8 Å². The molecule has 2 aromatic rings. The summed E-state index contributed by atoms with van der Waals surface area (Å²) in [6.45, 7) is 3.41. The SMILES string of the molecule is COC(=O)c1c(N)c(C#N)cn1-c1ccc(C(=O)N2CCCC2)cc1C. The molecular weight excluding hydrogens is 332 g/mol. The first kappa shape index (κ1) is 17.5. The Morgan fingerprint density at radius 3 is 2.54 bits per heavy atom. The zero-order valence-corrected chi connectivity index (χ0v) is 14.8. The fraction of sp³-hybridized carbons (Fsp3) is 0.316. The number of hydrogen-bond donors (Lipinski definition) is 1. The van der Waals surface area contributed by atoms with E-state index in [-0.39, 0.29) is 22.9 Å². The van der Waals surface area contributed by atoms with Crippen molar-refractivity contribution in [3.63, 3.8) is 0 Å². The third kappa shape index (κ3) is 2.90. The number of aryl methyl sites for hydroxylation is 1. The van der Waals surface area contributed by atoms with Crippen LogP contribution in [0.15, 0.2) is 24.4 Å². The fourth-order valence-electron chi connectivity index (χ4n) is 3.27. The molecule has 1 saturated heterocycles. The van der Waals surface area contributed by atoms with Crippen molar-refractivity contribution >= 4 is 17.6 Å². The van der Waals surface area contributed by atoms with Crippen LogP contribution in [0.3, 0.4) is 0 Å². The Morgan fingerprint density at radius 2 is 1.96 bits per heavy atom. The molecule has 7 nitrogen and oxygen atoms in total. The molecular formula is C19H20N4O3. The van der Waals surface area contributed by atoms with Gasteiger partial charge in [-0.15, -0.1) is 0 Å². The standard InChI is InChI=1S/C19H20N4O3/c1-12-9-13(18(24)22-7-3-4-8-22)5-6-15(12)23-11-14(10-20)16(21)17(23)19(25)26-2/h5-6,9,11H,3-4,7-8,21H2,1-2H3. The quantitative estimate of drug-likeness (QED) is 0.854. The average molecular weight is 352 g/mol. The summed E-state index contributed by atoms with van der Waals surface area (Å²) in [5.74, 6) is -0.615.